The van der Waals surface area contributed by atoms with Gasteiger partial charge in [-0.3, -0.25) is 0 Å². The predicted octanol–water partition coefficient (Wildman–Crippen LogP) is 16.3. The Bertz CT molecular complexity index is 3210. The van der Waals surface area contributed by atoms with Crippen LogP contribution in [0.3, 0.4) is 0 Å². The summed E-state index contributed by atoms with van der Waals surface area (Å²) in [5.74, 6) is 2.06. The molecule has 0 bridgehead atoms. The lowest BCUT2D eigenvalue weighted by Gasteiger charge is -2.19. The lowest BCUT2D eigenvalue weighted by Crippen LogP contribution is -2.00. The number of hydrogen-bond acceptors (Lipinski definition) is 2. The SMILES string of the molecule is CCCCn1c(-c2ccccc2)nc2cc(-c3ccc4c(-c5ccccc5)c5cc(-c6ccc7c(c6)nc(-c6ccccc6)n7CCCC)ccc5c(-c5ccccc5)c4c3)ccc21. The van der Waals surface area contributed by atoms with Crippen molar-refractivity contribution in [2.75, 3.05) is 0 Å². The molecule has 11 aromatic rings. The van der Waals surface area contributed by atoms with Crippen LogP contribution < -0.4 is 0 Å². The third-order valence-corrected chi connectivity index (χ3v) is 12.9. The van der Waals surface area contributed by atoms with Crippen molar-refractivity contribution in [1.29, 1.82) is 0 Å². The molecule has 0 fully saturated rings. The average Bonchev–Trinajstić information content (AvgIpc) is 3.92. The molecule has 0 aliphatic heterocycles. The van der Waals surface area contributed by atoms with Gasteiger partial charge in [-0.2, -0.15) is 0 Å². The second-order valence-corrected chi connectivity index (χ2v) is 17.0. The van der Waals surface area contributed by atoms with Crippen molar-refractivity contribution >= 4 is 43.6 Å². The molecule has 0 N–H and O–H groups in total. The zero-order valence-corrected chi connectivity index (χ0v) is 36.5. The van der Waals surface area contributed by atoms with E-state index >= 15 is 0 Å². The van der Waals surface area contributed by atoms with E-state index < -0.39 is 0 Å². The quantitative estimate of drug-likeness (QED) is 0.115. The number of benzene rings is 9. The second kappa shape index (κ2) is 17.0. The zero-order valence-electron chi connectivity index (χ0n) is 36.5. The second-order valence-electron chi connectivity index (χ2n) is 17.0. The van der Waals surface area contributed by atoms with E-state index in [-0.39, 0.29) is 0 Å². The number of aromatic nitrogens is 4. The van der Waals surface area contributed by atoms with E-state index in [0.29, 0.717) is 0 Å². The molecule has 2 aromatic heterocycles. The number of aryl methyl sites for hydroxylation is 2. The average molecular weight is 827 g/mol. The molecule has 0 unspecified atom stereocenters. The summed E-state index contributed by atoms with van der Waals surface area (Å²) in [7, 11) is 0. The summed E-state index contributed by atoms with van der Waals surface area (Å²) in [5, 5.41) is 4.92. The minimum Gasteiger partial charge on any atom is -0.324 e. The molecule has 9 aromatic carbocycles. The number of nitrogens with zero attached hydrogens (tertiary/aromatic N) is 4. The topological polar surface area (TPSA) is 35.6 Å². The summed E-state index contributed by atoms with van der Waals surface area (Å²) >= 11 is 0. The van der Waals surface area contributed by atoms with E-state index in [1.54, 1.807) is 0 Å². The molecule has 0 spiro atoms. The normalized spacial score (nSPS) is 11.7. The van der Waals surface area contributed by atoms with Crippen LogP contribution in [0.1, 0.15) is 39.5 Å². The molecule has 0 atom stereocenters. The Morgan fingerprint density at radius 2 is 0.672 bits per heavy atom. The van der Waals surface area contributed by atoms with Gasteiger partial charge in [0.2, 0.25) is 0 Å². The summed E-state index contributed by atoms with van der Waals surface area (Å²) < 4.78 is 4.80. The standard InChI is InChI=1S/C60H50N4/c1-3-5-35-63-55-33-29-47(39-53(55)61-59(63)43-23-15-9-16-24-43)45-27-31-49-51(37-45)57(41-19-11-7-12-20-41)50-32-28-46(38-52(50)58(49)42-21-13-8-14-22-42)48-30-34-56-54(40-48)62-60(64(56)36-6-4-2)44-25-17-10-18-26-44/h7-34,37-40H,3-6,35-36H2,1-2H3. The Hall–Kier alpha value is -7.56. The molecule has 11 rings (SSSR count). The van der Waals surface area contributed by atoms with Crippen molar-refractivity contribution in [1.82, 2.24) is 19.1 Å². The maximum absolute atomic E-state index is 5.28. The number of imidazole rings is 2. The lowest BCUT2D eigenvalue weighted by molar-refractivity contribution is 0.651. The molecule has 310 valence electrons. The molecule has 4 nitrogen and oxygen atoms in total. The van der Waals surface area contributed by atoms with Crippen molar-refractivity contribution in [2.45, 2.75) is 52.6 Å². The van der Waals surface area contributed by atoms with E-state index in [4.69, 9.17) is 9.97 Å². The van der Waals surface area contributed by atoms with Crippen molar-refractivity contribution in [2.24, 2.45) is 0 Å². The Morgan fingerprint density at radius 3 is 1.05 bits per heavy atom. The highest BCUT2D eigenvalue weighted by Gasteiger charge is 2.20. The molecular weight excluding hydrogens is 777 g/mol. The molecule has 2 heterocycles. The third kappa shape index (κ3) is 7.06. The monoisotopic (exact) mass is 826 g/mol. The van der Waals surface area contributed by atoms with Crippen LogP contribution in [0.5, 0.6) is 0 Å². The summed E-state index contributed by atoms with van der Waals surface area (Å²) in [5.41, 5.74) is 16.2. The molecule has 0 saturated carbocycles. The first-order chi connectivity index (χ1) is 31.7. The van der Waals surface area contributed by atoms with E-state index in [1.165, 1.54) is 66.0 Å². The number of unbranched alkanes of at least 4 members (excludes halogenated alkanes) is 2. The molecule has 0 saturated heterocycles. The van der Waals surface area contributed by atoms with Gasteiger partial charge in [0.25, 0.3) is 0 Å². The maximum atomic E-state index is 5.28. The van der Waals surface area contributed by atoms with Crippen LogP contribution in [-0.2, 0) is 13.1 Å². The first-order valence-electron chi connectivity index (χ1n) is 22.9. The highest BCUT2D eigenvalue weighted by atomic mass is 15.1. The summed E-state index contributed by atoms with van der Waals surface area (Å²) in [4.78, 5) is 10.6. The highest BCUT2D eigenvalue weighted by Crippen LogP contribution is 2.46. The number of hydrogen-bond donors (Lipinski definition) is 0. The van der Waals surface area contributed by atoms with E-state index in [0.717, 1.165) is 83.7 Å². The van der Waals surface area contributed by atoms with Gasteiger partial charge in [-0.25, -0.2) is 9.97 Å². The fourth-order valence-corrected chi connectivity index (χ4v) is 9.74. The van der Waals surface area contributed by atoms with E-state index in [2.05, 4.69) is 217 Å². The van der Waals surface area contributed by atoms with Gasteiger partial charge in [0.1, 0.15) is 11.6 Å². The van der Waals surface area contributed by atoms with Gasteiger partial charge in [-0.1, -0.05) is 184 Å². The summed E-state index contributed by atoms with van der Waals surface area (Å²) in [6, 6.07) is 70.9. The van der Waals surface area contributed by atoms with Crippen LogP contribution in [0.25, 0.3) is 111 Å². The van der Waals surface area contributed by atoms with Crippen LogP contribution >= 0.6 is 0 Å². The number of fused-ring (bicyclic) bond motifs is 4. The van der Waals surface area contributed by atoms with Crippen LogP contribution in [0.4, 0.5) is 0 Å². The molecule has 0 amide bonds. The Morgan fingerprint density at radius 1 is 0.328 bits per heavy atom. The summed E-state index contributed by atoms with van der Waals surface area (Å²) in [6.07, 6.45) is 4.47. The molecule has 0 aliphatic rings. The van der Waals surface area contributed by atoms with Gasteiger partial charge in [-0.15, -0.1) is 0 Å². The minimum absolute atomic E-state index is 0.942. The third-order valence-electron chi connectivity index (χ3n) is 12.9. The van der Waals surface area contributed by atoms with Crippen molar-refractivity contribution < 1.29 is 0 Å². The van der Waals surface area contributed by atoms with Gasteiger partial charge in [-0.05, 0) is 115 Å². The van der Waals surface area contributed by atoms with Crippen LogP contribution in [0.15, 0.2) is 194 Å². The largest absolute Gasteiger partial charge is 0.324 e. The van der Waals surface area contributed by atoms with Crippen molar-refractivity contribution in [3.8, 4) is 67.3 Å². The van der Waals surface area contributed by atoms with Gasteiger partial charge >= 0.3 is 0 Å². The maximum Gasteiger partial charge on any atom is 0.141 e. The predicted molar refractivity (Wildman–Crippen MR) is 270 cm³/mol. The summed E-state index contributed by atoms with van der Waals surface area (Å²) in [6.45, 7) is 6.38. The molecular formula is C60H50N4. The fourth-order valence-electron chi connectivity index (χ4n) is 9.74. The minimum atomic E-state index is 0.942. The molecule has 0 radical (unpaired) electrons. The van der Waals surface area contributed by atoms with Crippen molar-refractivity contribution in [3.05, 3.63) is 194 Å². The van der Waals surface area contributed by atoms with Crippen molar-refractivity contribution in [3.63, 3.8) is 0 Å². The molecule has 64 heavy (non-hydrogen) atoms. The van der Waals surface area contributed by atoms with Crippen LogP contribution in [-0.4, -0.2) is 19.1 Å². The van der Waals surface area contributed by atoms with Gasteiger partial charge in [0.05, 0.1) is 22.1 Å². The van der Waals surface area contributed by atoms with E-state index in [9.17, 15) is 0 Å². The Kier molecular flexibility index (Phi) is 10.4. The zero-order chi connectivity index (χ0) is 43.0. The smallest absolute Gasteiger partial charge is 0.141 e. The Labute approximate surface area is 375 Å². The van der Waals surface area contributed by atoms with Crippen LogP contribution in [0, 0.1) is 0 Å². The fraction of sp³-hybridized carbons (Fsp3) is 0.133. The highest BCUT2D eigenvalue weighted by molar-refractivity contribution is 6.22. The lowest BCUT2D eigenvalue weighted by atomic mass is 9.84. The molecule has 0 aliphatic carbocycles. The van der Waals surface area contributed by atoms with E-state index in [1.807, 2.05) is 0 Å². The first-order valence-corrected chi connectivity index (χ1v) is 22.9. The van der Waals surface area contributed by atoms with Gasteiger partial charge in [0.15, 0.2) is 0 Å². The van der Waals surface area contributed by atoms with Gasteiger partial charge < -0.3 is 9.13 Å². The van der Waals surface area contributed by atoms with Gasteiger partial charge in [0, 0.05) is 24.2 Å². The molecule has 4 heteroatoms. The first kappa shape index (κ1) is 39.3. The number of rotatable bonds is 12. The Balaban J connectivity index is 1.10. The van der Waals surface area contributed by atoms with Crippen LogP contribution in [0.2, 0.25) is 0 Å².